The van der Waals surface area contributed by atoms with Crippen LogP contribution in [0.4, 0.5) is 11.5 Å². The number of nitrogens with zero attached hydrogens (tertiary/aromatic N) is 2. The molecule has 2 heterocycles. The van der Waals surface area contributed by atoms with Crippen LogP contribution in [0.5, 0.6) is 0 Å². The van der Waals surface area contributed by atoms with Crippen molar-refractivity contribution in [2.45, 2.75) is 20.4 Å². The third-order valence-electron chi connectivity index (χ3n) is 2.72. The lowest BCUT2D eigenvalue weighted by Gasteiger charge is -2.17. The molecule has 2 rings (SSSR count). The van der Waals surface area contributed by atoms with Gasteiger partial charge in [-0.05, 0) is 37.6 Å². The number of pyridine rings is 1. The highest BCUT2D eigenvalue weighted by atomic mass is 16.3. The highest BCUT2D eigenvalue weighted by Gasteiger charge is 2.07. The first-order valence-electron chi connectivity index (χ1n) is 5.55. The molecule has 4 heteroatoms. The van der Waals surface area contributed by atoms with Crippen molar-refractivity contribution in [2.75, 3.05) is 17.7 Å². The van der Waals surface area contributed by atoms with E-state index in [1.807, 2.05) is 44.0 Å². The minimum atomic E-state index is 0.699. The zero-order chi connectivity index (χ0) is 12.4. The quantitative estimate of drug-likeness (QED) is 0.881. The topological polar surface area (TPSA) is 55.3 Å². The second-order valence-electron chi connectivity index (χ2n) is 4.27. The Morgan fingerprint density at radius 1 is 1.35 bits per heavy atom. The van der Waals surface area contributed by atoms with Gasteiger partial charge in [-0.15, -0.1) is 0 Å². The van der Waals surface area contributed by atoms with Crippen molar-refractivity contribution in [1.82, 2.24) is 4.98 Å². The standard InChI is InChI=1S/C13H17N3O/c1-9-6-13(15-7-12(9)14)16(3)8-11-5-4-10(2)17-11/h4-7H,8,14H2,1-3H3. The Balaban J connectivity index is 2.14. The summed E-state index contributed by atoms with van der Waals surface area (Å²) in [5.74, 6) is 2.75. The van der Waals surface area contributed by atoms with Gasteiger partial charge in [0.2, 0.25) is 0 Å². The van der Waals surface area contributed by atoms with Gasteiger partial charge in [-0.2, -0.15) is 0 Å². The summed E-state index contributed by atoms with van der Waals surface area (Å²) in [7, 11) is 1.98. The molecule has 90 valence electrons. The lowest BCUT2D eigenvalue weighted by molar-refractivity contribution is 0.481. The molecule has 0 saturated carbocycles. The van der Waals surface area contributed by atoms with Gasteiger partial charge in [-0.3, -0.25) is 0 Å². The molecule has 0 aromatic carbocycles. The molecule has 17 heavy (non-hydrogen) atoms. The Kier molecular flexibility index (Phi) is 3.04. The van der Waals surface area contributed by atoms with Gasteiger partial charge in [0.05, 0.1) is 18.4 Å². The van der Waals surface area contributed by atoms with Crippen LogP contribution in [0.3, 0.4) is 0 Å². The molecule has 0 radical (unpaired) electrons. The van der Waals surface area contributed by atoms with Crippen molar-refractivity contribution in [2.24, 2.45) is 0 Å². The monoisotopic (exact) mass is 231 g/mol. The van der Waals surface area contributed by atoms with Crippen molar-refractivity contribution < 1.29 is 4.42 Å². The molecule has 2 aromatic rings. The number of furan rings is 1. The van der Waals surface area contributed by atoms with E-state index >= 15 is 0 Å². The molecule has 2 N–H and O–H groups in total. The van der Waals surface area contributed by atoms with Crippen molar-refractivity contribution in [3.63, 3.8) is 0 Å². The molecule has 0 aliphatic heterocycles. The van der Waals surface area contributed by atoms with Crippen LogP contribution in [0.2, 0.25) is 0 Å². The molecular formula is C13H17N3O. The third-order valence-corrected chi connectivity index (χ3v) is 2.72. The SMILES string of the molecule is Cc1ccc(CN(C)c2cc(C)c(N)cn2)o1. The van der Waals surface area contributed by atoms with Gasteiger partial charge < -0.3 is 15.1 Å². The molecule has 0 amide bonds. The number of aromatic nitrogens is 1. The summed E-state index contributed by atoms with van der Waals surface area (Å²) in [6.45, 7) is 4.62. The summed E-state index contributed by atoms with van der Waals surface area (Å²) < 4.78 is 5.54. The zero-order valence-electron chi connectivity index (χ0n) is 10.4. The Morgan fingerprint density at radius 3 is 2.71 bits per heavy atom. The average Bonchev–Trinajstić information content (AvgIpc) is 2.68. The van der Waals surface area contributed by atoms with E-state index in [-0.39, 0.29) is 0 Å². The van der Waals surface area contributed by atoms with E-state index in [0.29, 0.717) is 6.54 Å². The lowest BCUT2D eigenvalue weighted by Crippen LogP contribution is -2.17. The number of anilines is 2. The predicted molar refractivity (Wildman–Crippen MR) is 68.9 cm³/mol. The molecule has 0 aliphatic rings. The Labute approximate surface area is 101 Å². The minimum absolute atomic E-state index is 0.699. The van der Waals surface area contributed by atoms with E-state index in [1.54, 1.807) is 6.20 Å². The molecule has 0 unspecified atom stereocenters. The van der Waals surface area contributed by atoms with Crippen LogP contribution in [-0.2, 0) is 6.54 Å². The van der Waals surface area contributed by atoms with Crippen LogP contribution in [0.1, 0.15) is 17.1 Å². The van der Waals surface area contributed by atoms with E-state index in [0.717, 1.165) is 28.6 Å². The fraction of sp³-hybridized carbons (Fsp3) is 0.308. The van der Waals surface area contributed by atoms with E-state index in [1.165, 1.54) is 0 Å². The van der Waals surface area contributed by atoms with Crippen molar-refractivity contribution in [1.29, 1.82) is 0 Å². The molecule has 2 aromatic heterocycles. The highest BCUT2D eigenvalue weighted by Crippen LogP contribution is 2.18. The average molecular weight is 231 g/mol. The third kappa shape index (κ3) is 2.58. The molecule has 0 bridgehead atoms. The molecule has 0 atom stereocenters. The molecule has 0 aliphatic carbocycles. The van der Waals surface area contributed by atoms with Crippen LogP contribution < -0.4 is 10.6 Å². The minimum Gasteiger partial charge on any atom is -0.464 e. The summed E-state index contributed by atoms with van der Waals surface area (Å²) in [4.78, 5) is 6.33. The van der Waals surface area contributed by atoms with Gasteiger partial charge in [0.1, 0.15) is 17.3 Å². The number of nitrogens with two attached hydrogens (primary N) is 1. The van der Waals surface area contributed by atoms with Crippen LogP contribution in [0.25, 0.3) is 0 Å². The number of nitrogen functional groups attached to an aromatic ring is 1. The zero-order valence-corrected chi connectivity index (χ0v) is 10.4. The number of hydrogen-bond donors (Lipinski definition) is 1. The van der Waals surface area contributed by atoms with Gasteiger partial charge in [-0.25, -0.2) is 4.98 Å². The van der Waals surface area contributed by atoms with Crippen molar-refractivity contribution in [3.05, 3.63) is 41.5 Å². The van der Waals surface area contributed by atoms with Gasteiger partial charge in [-0.1, -0.05) is 0 Å². The number of rotatable bonds is 3. The van der Waals surface area contributed by atoms with E-state index in [4.69, 9.17) is 10.2 Å². The van der Waals surface area contributed by atoms with Crippen LogP contribution >= 0.6 is 0 Å². The lowest BCUT2D eigenvalue weighted by atomic mass is 10.2. The summed E-state index contributed by atoms with van der Waals surface area (Å²) in [6.07, 6.45) is 1.69. The maximum Gasteiger partial charge on any atom is 0.129 e. The maximum absolute atomic E-state index is 5.75. The van der Waals surface area contributed by atoms with Crippen LogP contribution in [0, 0.1) is 13.8 Å². The Morgan fingerprint density at radius 2 is 2.12 bits per heavy atom. The van der Waals surface area contributed by atoms with Gasteiger partial charge >= 0.3 is 0 Å². The Bertz CT molecular complexity index is 519. The Hall–Kier alpha value is -1.97. The summed E-state index contributed by atoms with van der Waals surface area (Å²) in [5, 5.41) is 0. The summed E-state index contributed by atoms with van der Waals surface area (Å²) in [6, 6.07) is 5.92. The van der Waals surface area contributed by atoms with Crippen LogP contribution in [-0.4, -0.2) is 12.0 Å². The second kappa shape index (κ2) is 4.49. The fourth-order valence-corrected chi connectivity index (χ4v) is 1.65. The summed E-state index contributed by atoms with van der Waals surface area (Å²) in [5.41, 5.74) is 7.50. The van der Waals surface area contributed by atoms with E-state index in [2.05, 4.69) is 4.98 Å². The van der Waals surface area contributed by atoms with Gasteiger partial charge in [0, 0.05) is 7.05 Å². The number of aryl methyl sites for hydroxylation is 2. The predicted octanol–water partition coefficient (Wildman–Crippen LogP) is 2.51. The number of hydrogen-bond acceptors (Lipinski definition) is 4. The molecule has 0 saturated heterocycles. The van der Waals surface area contributed by atoms with Crippen molar-refractivity contribution in [3.8, 4) is 0 Å². The first-order chi connectivity index (χ1) is 8.06. The van der Waals surface area contributed by atoms with E-state index < -0.39 is 0 Å². The first-order valence-corrected chi connectivity index (χ1v) is 5.55. The summed E-state index contributed by atoms with van der Waals surface area (Å²) >= 11 is 0. The second-order valence-corrected chi connectivity index (χ2v) is 4.27. The molecule has 4 nitrogen and oxygen atoms in total. The maximum atomic E-state index is 5.75. The van der Waals surface area contributed by atoms with Crippen molar-refractivity contribution >= 4 is 11.5 Å². The molecule has 0 fully saturated rings. The smallest absolute Gasteiger partial charge is 0.129 e. The first kappa shape index (κ1) is 11.5. The van der Waals surface area contributed by atoms with Gasteiger partial charge in [0.15, 0.2) is 0 Å². The van der Waals surface area contributed by atoms with E-state index in [9.17, 15) is 0 Å². The largest absolute Gasteiger partial charge is 0.464 e. The molecule has 0 spiro atoms. The fourth-order valence-electron chi connectivity index (χ4n) is 1.65. The normalized spacial score (nSPS) is 10.5. The highest BCUT2D eigenvalue weighted by molar-refractivity contribution is 5.51. The van der Waals surface area contributed by atoms with Gasteiger partial charge in [0.25, 0.3) is 0 Å². The molecular weight excluding hydrogens is 214 g/mol. The van der Waals surface area contributed by atoms with Crippen LogP contribution in [0.15, 0.2) is 28.8 Å².